The first-order valence-corrected chi connectivity index (χ1v) is 6.33. The summed E-state index contributed by atoms with van der Waals surface area (Å²) in [6, 6.07) is -0.483. The molecule has 2 atom stereocenters. The molecule has 2 unspecified atom stereocenters. The zero-order chi connectivity index (χ0) is 12.9. The van der Waals surface area contributed by atoms with Crippen LogP contribution in [-0.2, 0) is 9.59 Å². The van der Waals surface area contributed by atoms with Gasteiger partial charge >= 0.3 is 0 Å². The van der Waals surface area contributed by atoms with Gasteiger partial charge in [0.2, 0.25) is 11.8 Å². The van der Waals surface area contributed by atoms with E-state index >= 15 is 0 Å². The summed E-state index contributed by atoms with van der Waals surface area (Å²) in [6.45, 7) is 6.89. The van der Waals surface area contributed by atoms with Gasteiger partial charge < -0.3 is 16.0 Å². The highest BCUT2D eigenvalue weighted by molar-refractivity contribution is 5.91. The van der Waals surface area contributed by atoms with Crippen LogP contribution in [0.5, 0.6) is 0 Å². The van der Waals surface area contributed by atoms with Gasteiger partial charge in [-0.05, 0) is 46.6 Å². The summed E-state index contributed by atoms with van der Waals surface area (Å²) < 4.78 is 0. The minimum absolute atomic E-state index is 0. The van der Waals surface area contributed by atoms with Crippen LogP contribution in [0.15, 0.2) is 0 Å². The number of hydrogen-bond acceptors (Lipinski definition) is 3. The van der Waals surface area contributed by atoms with E-state index in [1.54, 1.807) is 6.92 Å². The van der Waals surface area contributed by atoms with Crippen LogP contribution in [0.3, 0.4) is 0 Å². The number of nitrogens with one attached hydrogen (secondary N) is 3. The molecule has 106 valence electrons. The Kier molecular flexibility index (Phi) is 7.25. The summed E-state index contributed by atoms with van der Waals surface area (Å²) >= 11 is 0. The van der Waals surface area contributed by atoms with Crippen molar-refractivity contribution in [2.75, 3.05) is 13.1 Å². The van der Waals surface area contributed by atoms with E-state index in [2.05, 4.69) is 16.0 Å². The number of rotatable bonds is 4. The number of halogens is 1. The van der Waals surface area contributed by atoms with E-state index in [1.807, 2.05) is 13.8 Å². The Morgan fingerprint density at radius 1 is 1.39 bits per heavy atom. The molecule has 0 saturated carbocycles. The maximum Gasteiger partial charge on any atom is 0.242 e. The Bertz CT molecular complexity index is 291. The van der Waals surface area contributed by atoms with Gasteiger partial charge in [-0.15, -0.1) is 12.4 Å². The predicted octanol–water partition coefficient (Wildman–Crippen LogP) is 0.581. The number of piperidine rings is 1. The minimum Gasteiger partial charge on any atom is -0.355 e. The van der Waals surface area contributed by atoms with Gasteiger partial charge in [0, 0.05) is 6.54 Å². The van der Waals surface area contributed by atoms with Gasteiger partial charge in [0.25, 0.3) is 0 Å². The maximum absolute atomic E-state index is 12.1. The zero-order valence-electron chi connectivity index (χ0n) is 11.3. The van der Waals surface area contributed by atoms with Gasteiger partial charge in [-0.1, -0.05) is 0 Å². The van der Waals surface area contributed by atoms with E-state index in [0.29, 0.717) is 6.54 Å². The molecule has 0 aliphatic carbocycles. The average Bonchev–Trinajstić information content (AvgIpc) is 2.30. The van der Waals surface area contributed by atoms with Crippen molar-refractivity contribution >= 4 is 24.2 Å². The highest BCUT2D eigenvalue weighted by atomic mass is 35.5. The van der Waals surface area contributed by atoms with Crippen molar-refractivity contribution in [3.05, 3.63) is 0 Å². The molecule has 0 bridgehead atoms. The molecule has 0 radical (unpaired) electrons. The number of hydrogen-bond donors (Lipinski definition) is 3. The SMILES string of the molecule is CCNC(=O)C(C)NC(=O)C1(C)CCCCN1.Cl. The van der Waals surface area contributed by atoms with Crippen molar-refractivity contribution in [3.63, 3.8) is 0 Å². The molecular formula is C12H24ClN3O2. The lowest BCUT2D eigenvalue weighted by atomic mass is 9.90. The first kappa shape index (κ1) is 17.2. The Labute approximate surface area is 115 Å². The Hall–Kier alpha value is -0.810. The van der Waals surface area contributed by atoms with Crippen molar-refractivity contribution in [1.29, 1.82) is 0 Å². The Morgan fingerprint density at radius 2 is 2.06 bits per heavy atom. The molecule has 0 aromatic rings. The quantitative estimate of drug-likeness (QED) is 0.704. The first-order valence-electron chi connectivity index (χ1n) is 6.33. The molecule has 1 heterocycles. The van der Waals surface area contributed by atoms with Crippen LogP contribution in [0, 0.1) is 0 Å². The second kappa shape index (κ2) is 7.59. The van der Waals surface area contributed by atoms with Crippen LogP contribution in [-0.4, -0.2) is 36.5 Å². The number of carbonyl (C=O) groups excluding carboxylic acids is 2. The molecule has 6 heteroatoms. The van der Waals surface area contributed by atoms with Crippen LogP contribution in [0.4, 0.5) is 0 Å². The molecule has 0 aromatic heterocycles. The average molecular weight is 278 g/mol. The summed E-state index contributed by atoms with van der Waals surface area (Å²) in [5.74, 6) is -0.226. The Morgan fingerprint density at radius 3 is 2.56 bits per heavy atom. The molecule has 18 heavy (non-hydrogen) atoms. The normalized spacial score (nSPS) is 24.6. The number of likely N-dealkylation sites (N-methyl/N-ethyl adjacent to an activating group) is 1. The third-order valence-electron chi connectivity index (χ3n) is 3.21. The van der Waals surface area contributed by atoms with E-state index < -0.39 is 11.6 Å². The van der Waals surface area contributed by atoms with Gasteiger partial charge in [0.15, 0.2) is 0 Å². The highest BCUT2D eigenvalue weighted by Gasteiger charge is 2.35. The molecule has 0 spiro atoms. The summed E-state index contributed by atoms with van der Waals surface area (Å²) in [4.78, 5) is 23.6. The third-order valence-corrected chi connectivity index (χ3v) is 3.21. The zero-order valence-corrected chi connectivity index (χ0v) is 12.2. The first-order chi connectivity index (χ1) is 7.99. The van der Waals surface area contributed by atoms with Crippen LogP contribution >= 0.6 is 12.4 Å². The second-order valence-corrected chi connectivity index (χ2v) is 4.81. The van der Waals surface area contributed by atoms with Gasteiger partial charge in [0.05, 0.1) is 5.54 Å². The molecule has 1 fully saturated rings. The lowest BCUT2D eigenvalue weighted by Crippen LogP contribution is -2.60. The smallest absolute Gasteiger partial charge is 0.242 e. The lowest BCUT2D eigenvalue weighted by molar-refractivity contribution is -0.132. The minimum atomic E-state index is -0.529. The highest BCUT2D eigenvalue weighted by Crippen LogP contribution is 2.18. The fraction of sp³-hybridized carbons (Fsp3) is 0.833. The molecule has 1 rings (SSSR count). The van der Waals surface area contributed by atoms with Gasteiger partial charge in [0.1, 0.15) is 6.04 Å². The van der Waals surface area contributed by atoms with Crippen molar-refractivity contribution in [2.45, 2.75) is 51.6 Å². The van der Waals surface area contributed by atoms with Crippen LogP contribution in [0.1, 0.15) is 40.0 Å². The van der Waals surface area contributed by atoms with E-state index in [4.69, 9.17) is 0 Å². The summed E-state index contributed by atoms with van der Waals surface area (Å²) in [7, 11) is 0. The monoisotopic (exact) mass is 277 g/mol. The molecule has 0 aromatic carbocycles. The van der Waals surface area contributed by atoms with Crippen LogP contribution in [0.2, 0.25) is 0 Å². The molecule has 2 amide bonds. The predicted molar refractivity (Wildman–Crippen MR) is 73.8 cm³/mol. The third kappa shape index (κ3) is 4.46. The number of amides is 2. The maximum atomic E-state index is 12.1. The molecule has 1 saturated heterocycles. The van der Waals surface area contributed by atoms with E-state index in [-0.39, 0.29) is 24.2 Å². The molecule has 1 aliphatic heterocycles. The van der Waals surface area contributed by atoms with Crippen molar-refractivity contribution in [1.82, 2.24) is 16.0 Å². The van der Waals surface area contributed by atoms with Gasteiger partial charge in [-0.2, -0.15) is 0 Å². The van der Waals surface area contributed by atoms with Crippen LogP contribution < -0.4 is 16.0 Å². The fourth-order valence-electron chi connectivity index (χ4n) is 2.00. The van der Waals surface area contributed by atoms with Crippen molar-refractivity contribution < 1.29 is 9.59 Å². The molecule has 5 nitrogen and oxygen atoms in total. The van der Waals surface area contributed by atoms with Gasteiger partial charge in [-0.25, -0.2) is 0 Å². The largest absolute Gasteiger partial charge is 0.355 e. The standard InChI is InChI=1S/C12H23N3O2.ClH/c1-4-13-10(16)9(2)15-11(17)12(3)7-5-6-8-14-12;/h9,14H,4-8H2,1-3H3,(H,13,16)(H,15,17);1H. The molecule has 1 aliphatic rings. The number of carbonyl (C=O) groups is 2. The van der Waals surface area contributed by atoms with Crippen molar-refractivity contribution in [3.8, 4) is 0 Å². The summed E-state index contributed by atoms with van der Waals surface area (Å²) in [6.07, 6.45) is 2.97. The van der Waals surface area contributed by atoms with Crippen molar-refractivity contribution in [2.24, 2.45) is 0 Å². The summed E-state index contributed by atoms with van der Waals surface area (Å²) in [5.41, 5.74) is -0.529. The van der Waals surface area contributed by atoms with Crippen LogP contribution in [0.25, 0.3) is 0 Å². The van der Waals surface area contributed by atoms with E-state index in [0.717, 1.165) is 25.8 Å². The van der Waals surface area contributed by atoms with Gasteiger partial charge in [-0.3, -0.25) is 9.59 Å². The second-order valence-electron chi connectivity index (χ2n) is 4.81. The topological polar surface area (TPSA) is 70.2 Å². The summed E-state index contributed by atoms with van der Waals surface area (Å²) in [5, 5.41) is 8.68. The molecular weight excluding hydrogens is 254 g/mol. The fourth-order valence-corrected chi connectivity index (χ4v) is 2.00. The lowest BCUT2D eigenvalue weighted by Gasteiger charge is -2.34. The Balaban J connectivity index is 0.00000289. The molecule has 3 N–H and O–H groups in total. The van der Waals surface area contributed by atoms with E-state index in [9.17, 15) is 9.59 Å². The van der Waals surface area contributed by atoms with E-state index in [1.165, 1.54) is 0 Å².